The summed E-state index contributed by atoms with van der Waals surface area (Å²) in [6.45, 7) is 1.98. The van der Waals surface area contributed by atoms with Gasteiger partial charge in [0.25, 0.3) is 0 Å². The van der Waals surface area contributed by atoms with E-state index in [1.54, 1.807) is 13.0 Å². The molecule has 0 aromatic carbocycles. The molecule has 0 aliphatic rings. The van der Waals surface area contributed by atoms with Crippen LogP contribution in [0.4, 0.5) is 0 Å². The van der Waals surface area contributed by atoms with Crippen LogP contribution in [0.15, 0.2) is 0 Å². The standard InChI is InChI=1S/C7H9NO3/c1-3-10-6(8)5-7(9)11-4-2/h1,8H,4-5H2,2H3. The summed E-state index contributed by atoms with van der Waals surface area (Å²) < 4.78 is 8.80. The predicted molar refractivity (Wildman–Crippen MR) is 38.9 cm³/mol. The number of hydrogen-bond acceptors (Lipinski definition) is 4. The van der Waals surface area contributed by atoms with Gasteiger partial charge in [0.1, 0.15) is 12.5 Å². The smallest absolute Gasteiger partial charge is 0.315 e. The number of hydrogen-bond donors (Lipinski definition) is 1. The number of carbonyl (C=O) groups is 1. The van der Waals surface area contributed by atoms with Crippen LogP contribution in [0.25, 0.3) is 0 Å². The number of esters is 1. The molecule has 0 fully saturated rings. The number of ether oxygens (including phenoxy) is 2. The Balaban J connectivity index is 3.60. The molecule has 0 bridgehead atoms. The van der Waals surface area contributed by atoms with Crippen molar-refractivity contribution in [1.29, 1.82) is 5.41 Å². The van der Waals surface area contributed by atoms with Gasteiger partial charge in [0.2, 0.25) is 5.90 Å². The molecule has 0 rings (SSSR count). The van der Waals surface area contributed by atoms with Crippen LogP contribution in [0.2, 0.25) is 0 Å². The van der Waals surface area contributed by atoms with E-state index in [0.717, 1.165) is 0 Å². The monoisotopic (exact) mass is 155 g/mol. The molecule has 60 valence electrons. The van der Waals surface area contributed by atoms with E-state index in [0.29, 0.717) is 6.61 Å². The van der Waals surface area contributed by atoms with Gasteiger partial charge in [-0.2, -0.15) is 0 Å². The molecule has 0 amide bonds. The molecular weight excluding hydrogens is 146 g/mol. The highest BCUT2D eigenvalue weighted by Crippen LogP contribution is 1.89. The summed E-state index contributed by atoms with van der Waals surface area (Å²) in [4.78, 5) is 10.6. The number of nitrogens with one attached hydrogen (secondary N) is 1. The molecule has 0 atom stereocenters. The molecule has 0 unspecified atom stereocenters. The van der Waals surface area contributed by atoms with Crippen molar-refractivity contribution in [1.82, 2.24) is 0 Å². The minimum atomic E-state index is -0.507. The molecular formula is C7H9NO3. The molecule has 0 radical (unpaired) electrons. The van der Waals surface area contributed by atoms with Gasteiger partial charge in [-0.15, -0.1) is 0 Å². The van der Waals surface area contributed by atoms with Crippen molar-refractivity contribution in [3.8, 4) is 12.5 Å². The maximum Gasteiger partial charge on any atom is 0.315 e. The van der Waals surface area contributed by atoms with Crippen molar-refractivity contribution in [3.63, 3.8) is 0 Å². The first-order valence-corrected chi connectivity index (χ1v) is 3.06. The summed E-state index contributed by atoms with van der Waals surface area (Å²) in [5.74, 6) is -0.779. The Bertz CT molecular complexity index is 192. The van der Waals surface area contributed by atoms with E-state index in [2.05, 4.69) is 9.47 Å². The summed E-state index contributed by atoms with van der Waals surface area (Å²) in [6.07, 6.45) is 6.29. The summed E-state index contributed by atoms with van der Waals surface area (Å²) in [6, 6.07) is 0. The fourth-order valence-corrected chi connectivity index (χ4v) is 0.450. The van der Waals surface area contributed by atoms with Crippen LogP contribution in [-0.2, 0) is 14.3 Å². The second-order valence-electron chi connectivity index (χ2n) is 1.62. The molecule has 0 aliphatic carbocycles. The predicted octanol–water partition coefficient (Wildman–Crippen LogP) is 0.524. The molecule has 4 heteroatoms. The number of carbonyl (C=O) groups excluding carboxylic acids is 1. The lowest BCUT2D eigenvalue weighted by atomic mass is 10.4. The van der Waals surface area contributed by atoms with Crippen LogP contribution < -0.4 is 0 Å². The Morgan fingerprint density at radius 2 is 2.36 bits per heavy atom. The zero-order valence-corrected chi connectivity index (χ0v) is 6.22. The van der Waals surface area contributed by atoms with Crippen LogP contribution in [-0.4, -0.2) is 18.5 Å². The lowest BCUT2D eigenvalue weighted by Gasteiger charge is -1.99. The van der Waals surface area contributed by atoms with Gasteiger partial charge < -0.3 is 9.47 Å². The van der Waals surface area contributed by atoms with E-state index in [1.165, 1.54) is 0 Å². The van der Waals surface area contributed by atoms with Gasteiger partial charge in [-0.1, -0.05) is 6.42 Å². The van der Waals surface area contributed by atoms with Crippen molar-refractivity contribution in [2.24, 2.45) is 0 Å². The van der Waals surface area contributed by atoms with E-state index in [9.17, 15) is 4.79 Å². The fourth-order valence-electron chi connectivity index (χ4n) is 0.450. The second-order valence-corrected chi connectivity index (χ2v) is 1.62. The molecule has 0 saturated carbocycles. The van der Waals surface area contributed by atoms with Gasteiger partial charge in [0.05, 0.1) is 6.61 Å². The van der Waals surface area contributed by atoms with Gasteiger partial charge in [-0.25, -0.2) is 0 Å². The first-order valence-electron chi connectivity index (χ1n) is 3.06. The van der Waals surface area contributed by atoms with E-state index in [-0.39, 0.29) is 12.3 Å². The number of rotatable bonds is 3. The minimum Gasteiger partial charge on any atom is -0.466 e. The topological polar surface area (TPSA) is 59.4 Å². The van der Waals surface area contributed by atoms with Crippen molar-refractivity contribution in [3.05, 3.63) is 0 Å². The Hall–Kier alpha value is -1.50. The van der Waals surface area contributed by atoms with Gasteiger partial charge in [0.15, 0.2) is 0 Å². The van der Waals surface area contributed by atoms with E-state index >= 15 is 0 Å². The van der Waals surface area contributed by atoms with Crippen LogP contribution in [0.5, 0.6) is 0 Å². The highest BCUT2D eigenvalue weighted by Gasteiger charge is 2.06. The first kappa shape index (κ1) is 9.50. The largest absolute Gasteiger partial charge is 0.466 e. The maximum atomic E-state index is 10.6. The molecule has 0 aromatic heterocycles. The third-order valence-corrected chi connectivity index (χ3v) is 0.792. The highest BCUT2D eigenvalue weighted by molar-refractivity contribution is 5.93. The Labute approximate surface area is 65.0 Å². The molecule has 0 aliphatic heterocycles. The second kappa shape index (κ2) is 5.30. The Morgan fingerprint density at radius 1 is 1.73 bits per heavy atom. The van der Waals surface area contributed by atoms with Crippen molar-refractivity contribution in [2.75, 3.05) is 6.61 Å². The van der Waals surface area contributed by atoms with Crippen LogP contribution >= 0.6 is 0 Å². The zero-order chi connectivity index (χ0) is 8.69. The normalized spacial score (nSPS) is 8.00. The van der Waals surface area contributed by atoms with Gasteiger partial charge in [-0.3, -0.25) is 10.2 Å². The molecule has 0 aromatic rings. The van der Waals surface area contributed by atoms with Crippen molar-refractivity contribution in [2.45, 2.75) is 13.3 Å². The van der Waals surface area contributed by atoms with Gasteiger partial charge in [0, 0.05) is 0 Å². The molecule has 4 nitrogen and oxygen atoms in total. The Morgan fingerprint density at radius 3 is 2.82 bits per heavy atom. The maximum absolute atomic E-state index is 10.6. The lowest BCUT2D eigenvalue weighted by Crippen LogP contribution is -2.11. The van der Waals surface area contributed by atoms with Crippen LogP contribution in [0.1, 0.15) is 13.3 Å². The summed E-state index contributed by atoms with van der Waals surface area (Å²) in [5.41, 5.74) is 0. The van der Waals surface area contributed by atoms with E-state index < -0.39 is 5.97 Å². The quantitative estimate of drug-likeness (QED) is 0.280. The lowest BCUT2D eigenvalue weighted by molar-refractivity contribution is -0.141. The number of terminal acetylenes is 1. The highest BCUT2D eigenvalue weighted by atomic mass is 16.5. The SMILES string of the molecule is C#COC(=N)CC(=O)OCC. The average molecular weight is 155 g/mol. The van der Waals surface area contributed by atoms with Crippen LogP contribution in [0.3, 0.4) is 0 Å². The third kappa shape index (κ3) is 4.97. The van der Waals surface area contributed by atoms with Gasteiger partial charge >= 0.3 is 5.97 Å². The summed E-state index contributed by atoms with van der Waals surface area (Å²) >= 11 is 0. The fraction of sp³-hybridized carbons (Fsp3) is 0.429. The average Bonchev–Trinajstić information content (AvgIpc) is 1.87. The van der Waals surface area contributed by atoms with Crippen molar-refractivity contribution >= 4 is 11.9 Å². The molecule has 1 N–H and O–H groups in total. The molecule has 11 heavy (non-hydrogen) atoms. The first-order chi connectivity index (χ1) is 5.20. The summed E-state index contributed by atoms with van der Waals surface area (Å²) in [7, 11) is 0. The summed E-state index contributed by atoms with van der Waals surface area (Å²) in [5, 5.41) is 6.93. The molecule has 0 saturated heterocycles. The van der Waals surface area contributed by atoms with E-state index in [1.807, 2.05) is 0 Å². The zero-order valence-electron chi connectivity index (χ0n) is 6.22. The third-order valence-electron chi connectivity index (χ3n) is 0.792. The van der Waals surface area contributed by atoms with Crippen LogP contribution in [0, 0.1) is 17.9 Å². The van der Waals surface area contributed by atoms with E-state index in [4.69, 9.17) is 11.8 Å². The Kier molecular flexibility index (Phi) is 4.58. The molecule has 0 heterocycles. The van der Waals surface area contributed by atoms with Crippen molar-refractivity contribution < 1.29 is 14.3 Å². The minimum absolute atomic E-state index is 0.210. The van der Waals surface area contributed by atoms with Gasteiger partial charge in [-0.05, 0) is 6.92 Å². The molecule has 0 spiro atoms.